The van der Waals surface area contributed by atoms with Gasteiger partial charge in [-0.2, -0.15) is 4.39 Å². The quantitative estimate of drug-likeness (QED) is 0.157. The summed E-state index contributed by atoms with van der Waals surface area (Å²) in [5, 5.41) is 11.5. The van der Waals surface area contributed by atoms with Crippen molar-refractivity contribution in [2.75, 3.05) is 18.5 Å². The number of allylic oxidation sites excluding steroid dienone is 6. The normalized spacial score (nSPS) is 16.1. The molecule has 0 saturated heterocycles. The molecule has 0 atom stereocenters. The number of nitrogens with zero attached hydrogens (tertiary/aromatic N) is 1. The van der Waals surface area contributed by atoms with Crippen LogP contribution in [-0.2, 0) is 6.42 Å². The molecule has 4 rings (SSSR count). The van der Waals surface area contributed by atoms with Gasteiger partial charge in [-0.3, -0.25) is 9.79 Å². The van der Waals surface area contributed by atoms with Crippen LogP contribution in [0.4, 0.5) is 14.5 Å². The highest BCUT2D eigenvalue weighted by Gasteiger charge is 2.27. The minimum Gasteiger partial charge on any atom is -0.478 e. The van der Waals surface area contributed by atoms with Crippen LogP contribution in [0.25, 0.3) is 5.57 Å². The number of ether oxygens (including phenoxy) is 1. The van der Waals surface area contributed by atoms with Gasteiger partial charge in [0.15, 0.2) is 17.3 Å². The molecule has 6 nitrogen and oxygen atoms in total. The van der Waals surface area contributed by atoms with Crippen molar-refractivity contribution in [3.05, 3.63) is 100 Å². The van der Waals surface area contributed by atoms with Gasteiger partial charge in [0.2, 0.25) is 5.82 Å². The Hall–Kier alpha value is -4.61. The Kier molecular flexibility index (Phi) is 9.77. The second-order valence-corrected chi connectivity index (χ2v) is 9.56. The number of terminal acetylenes is 1. The third kappa shape index (κ3) is 6.76. The fourth-order valence-corrected chi connectivity index (χ4v) is 4.68. The number of nitrogens with one attached hydrogen (secondary N) is 2. The van der Waals surface area contributed by atoms with Crippen molar-refractivity contribution in [3.8, 4) is 18.1 Å². The Morgan fingerprint density at radius 3 is 2.80 bits per heavy atom. The van der Waals surface area contributed by atoms with Crippen LogP contribution in [0.15, 0.2) is 77.1 Å². The molecule has 0 unspecified atom stereocenters. The van der Waals surface area contributed by atoms with Crippen molar-refractivity contribution in [2.45, 2.75) is 39.0 Å². The smallest absolute Gasteiger partial charge is 0.201 e. The molecule has 2 aromatic rings. The predicted octanol–water partition coefficient (Wildman–Crippen LogP) is 6.55. The summed E-state index contributed by atoms with van der Waals surface area (Å²) in [5.74, 6) is -0.259. The number of fused-ring (bicyclic) bond motifs is 1. The summed E-state index contributed by atoms with van der Waals surface area (Å²) < 4.78 is 35.0. The lowest BCUT2D eigenvalue weighted by Gasteiger charge is -2.18. The first-order chi connectivity index (χ1) is 19.9. The Labute approximate surface area is 238 Å². The van der Waals surface area contributed by atoms with Crippen LogP contribution in [0.3, 0.4) is 0 Å². The third-order valence-corrected chi connectivity index (χ3v) is 6.75. The van der Waals surface area contributed by atoms with Gasteiger partial charge in [-0.1, -0.05) is 37.1 Å². The van der Waals surface area contributed by atoms with Crippen LogP contribution in [0.5, 0.6) is 5.75 Å². The Bertz CT molecular complexity index is 1560. The number of hydrogen-bond acceptors (Lipinski definition) is 6. The number of halogens is 2. The molecule has 4 N–H and O–H groups in total. The van der Waals surface area contributed by atoms with E-state index in [1.807, 2.05) is 43.4 Å². The molecular weight excluding hydrogens is 522 g/mol. The van der Waals surface area contributed by atoms with E-state index in [9.17, 15) is 9.18 Å². The summed E-state index contributed by atoms with van der Waals surface area (Å²) in [5.41, 5.74) is 10.5. The standard InChI is InChI=1S/C33H32F2N4O2/c1-3-17-41-30-15-14-25(31(34)32(30)35)27-20-38-33-26(27)10-6-5-7-11-28(33)39-23-12-13-24(21(4-2)18-23)29(40)19-22(37)9-8-16-36/h1,5-6,10-15,18,20,37,39H,4,7-9,16-17,19,36H2,2H3/b6-5-,26-10?,28-11-,37-22?. The highest BCUT2D eigenvalue weighted by Crippen LogP contribution is 2.36. The van der Waals surface area contributed by atoms with Gasteiger partial charge in [0.1, 0.15) is 6.61 Å². The molecule has 0 aromatic heterocycles. The number of hydrogen-bond donors (Lipinski definition) is 3. The lowest BCUT2D eigenvalue weighted by molar-refractivity contribution is 0.0999. The highest BCUT2D eigenvalue weighted by atomic mass is 19.2. The van der Waals surface area contributed by atoms with E-state index in [1.165, 1.54) is 18.3 Å². The zero-order chi connectivity index (χ0) is 29.4. The second kappa shape index (κ2) is 13.6. The van der Waals surface area contributed by atoms with Gasteiger partial charge in [-0.05, 0) is 68.1 Å². The number of nitrogens with two attached hydrogens (primary N) is 1. The number of aryl methyl sites for hydroxylation is 1. The zero-order valence-electron chi connectivity index (χ0n) is 22.9. The van der Waals surface area contributed by atoms with E-state index in [4.69, 9.17) is 22.3 Å². The van der Waals surface area contributed by atoms with Crippen molar-refractivity contribution in [1.29, 1.82) is 5.41 Å². The Morgan fingerprint density at radius 1 is 1.22 bits per heavy atom. The third-order valence-electron chi connectivity index (χ3n) is 6.75. The van der Waals surface area contributed by atoms with Crippen molar-refractivity contribution in [3.63, 3.8) is 0 Å². The fourth-order valence-electron chi connectivity index (χ4n) is 4.68. The van der Waals surface area contributed by atoms with Crippen molar-refractivity contribution in [2.24, 2.45) is 10.7 Å². The minimum atomic E-state index is -1.11. The summed E-state index contributed by atoms with van der Waals surface area (Å²) in [6, 6.07) is 8.33. The van der Waals surface area contributed by atoms with Crippen LogP contribution in [0, 0.1) is 29.4 Å². The molecule has 8 heteroatoms. The summed E-state index contributed by atoms with van der Waals surface area (Å²) in [7, 11) is 0. The molecule has 2 aliphatic rings. The van der Waals surface area contributed by atoms with E-state index in [1.54, 1.807) is 6.07 Å². The lowest BCUT2D eigenvalue weighted by atomic mass is 9.93. The molecule has 0 fully saturated rings. The largest absolute Gasteiger partial charge is 0.478 e. The van der Waals surface area contributed by atoms with Crippen molar-refractivity contribution >= 4 is 28.5 Å². The van der Waals surface area contributed by atoms with Crippen LogP contribution < -0.4 is 15.8 Å². The molecule has 210 valence electrons. The van der Waals surface area contributed by atoms with E-state index >= 15 is 4.39 Å². The van der Waals surface area contributed by atoms with Gasteiger partial charge >= 0.3 is 0 Å². The zero-order valence-corrected chi connectivity index (χ0v) is 22.9. The number of anilines is 1. The summed E-state index contributed by atoms with van der Waals surface area (Å²) in [6.07, 6.45) is 16.8. The second-order valence-electron chi connectivity index (χ2n) is 9.56. The maximum absolute atomic E-state index is 15.1. The molecule has 0 radical (unpaired) electrons. The molecular formula is C33H32F2N4O2. The number of rotatable bonds is 12. The average Bonchev–Trinajstić information content (AvgIpc) is 3.37. The maximum Gasteiger partial charge on any atom is 0.201 e. The first kappa shape index (κ1) is 29.4. The molecule has 1 heterocycles. The predicted molar refractivity (Wildman–Crippen MR) is 160 cm³/mol. The van der Waals surface area contributed by atoms with Gasteiger partial charge in [0, 0.05) is 46.3 Å². The first-order valence-electron chi connectivity index (χ1n) is 13.5. The van der Waals surface area contributed by atoms with Gasteiger partial charge in [0.05, 0.1) is 11.4 Å². The number of carbonyl (C=O) groups is 1. The molecule has 2 aromatic carbocycles. The number of benzene rings is 2. The highest BCUT2D eigenvalue weighted by molar-refractivity contribution is 6.25. The van der Waals surface area contributed by atoms with E-state index < -0.39 is 11.6 Å². The van der Waals surface area contributed by atoms with E-state index in [0.717, 1.165) is 11.3 Å². The number of Topliss-reactive ketones (excluding diaryl/α,β-unsaturated/α-hetero) is 1. The summed E-state index contributed by atoms with van der Waals surface area (Å²) in [6.45, 7) is 2.29. The van der Waals surface area contributed by atoms with E-state index in [0.29, 0.717) is 66.1 Å². The summed E-state index contributed by atoms with van der Waals surface area (Å²) in [4.78, 5) is 17.5. The average molecular weight is 555 g/mol. The number of ketones is 1. The number of carbonyl (C=O) groups excluding carboxylic acids is 1. The van der Waals surface area contributed by atoms with Crippen molar-refractivity contribution in [1.82, 2.24) is 0 Å². The fraction of sp³-hybridized carbons (Fsp3) is 0.242. The topological polar surface area (TPSA) is 101 Å². The molecule has 1 aliphatic carbocycles. The molecule has 0 bridgehead atoms. The monoisotopic (exact) mass is 554 g/mol. The van der Waals surface area contributed by atoms with Gasteiger partial charge in [0.25, 0.3) is 0 Å². The maximum atomic E-state index is 15.1. The van der Waals surface area contributed by atoms with Crippen LogP contribution in [-0.4, -0.2) is 30.4 Å². The minimum absolute atomic E-state index is 0.0574. The van der Waals surface area contributed by atoms with Crippen molar-refractivity contribution < 1.29 is 18.3 Å². The van der Waals surface area contributed by atoms with E-state index in [2.05, 4.69) is 16.2 Å². The molecule has 1 aliphatic heterocycles. The van der Waals surface area contributed by atoms with Crippen LogP contribution in [0.1, 0.15) is 54.1 Å². The molecule has 0 saturated carbocycles. The van der Waals surface area contributed by atoms with Crippen LogP contribution in [0.2, 0.25) is 0 Å². The number of aliphatic imine (C=N–C) groups is 1. The van der Waals surface area contributed by atoms with Gasteiger partial charge < -0.3 is 21.2 Å². The van der Waals surface area contributed by atoms with E-state index in [-0.39, 0.29) is 30.1 Å². The Morgan fingerprint density at radius 2 is 2.05 bits per heavy atom. The summed E-state index contributed by atoms with van der Waals surface area (Å²) >= 11 is 0. The SMILES string of the molecule is C#CCOc1ccc(C2=CN=C3C2=C/C=C\C/C=C/3Nc2ccc(C(=O)CC(=N)CCCN)c(CC)c2)c(F)c1F. The lowest BCUT2D eigenvalue weighted by Crippen LogP contribution is -2.15. The Balaban J connectivity index is 1.56. The van der Waals surface area contributed by atoms with Gasteiger partial charge in [-0.25, -0.2) is 4.39 Å². The molecule has 0 amide bonds. The first-order valence-corrected chi connectivity index (χ1v) is 13.5. The molecule has 41 heavy (non-hydrogen) atoms. The molecule has 0 spiro atoms. The van der Waals surface area contributed by atoms with Crippen LogP contribution >= 0.6 is 0 Å². The van der Waals surface area contributed by atoms with Gasteiger partial charge in [-0.15, -0.1) is 6.42 Å².